The molecule has 1 unspecified atom stereocenters. The van der Waals surface area contributed by atoms with Gasteiger partial charge in [-0.05, 0) is 49.4 Å². The van der Waals surface area contributed by atoms with E-state index in [4.69, 9.17) is 11.6 Å². The molecule has 0 aliphatic rings. The van der Waals surface area contributed by atoms with Crippen molar-refractivity contribution in [1.29, 1.82) is 0 Å². The van der Waals surface area contributed by atoms with Crippen molar-refractivity contribution in [3.05, 3.63) is 63.1 Å². The first-order valence-corrected chi connectivity index (χ1v) is 8.10. The van der Waals surface area contributed by atoms with E-state index in [-0.39, 0.29) is 0 Å². The summed E-state index contributed by atoms with van der Waals surface area (Å²) in [6, 6.07) is 14.9. The van der Waals surface area contributed by atoms with E-state index in [1.54, 1.807) is 0 Å². The molecule has 2 aromatic carbocycles. The predicted octanol–water partition coefficient (Wildman–Crippen LogP) is 5.02. The quantitative estimate of drug-likeness (QED) is 0.798. The van der Waals surface area contributed by atoms with Crippen molar-refractivity contribution in [2.75, 3.05) is 19.0 Å². The lowest BCUT2D eigenvalue weighted by Crippen LogP contribution is -2.17. The van der Waals surface area contributed by atoms with Gasteiger partial charge in [-0.25, -0.2) is 0 Å². The highest BCUT2D eigenvalue weighted by Crippen LogP contribution is 2.29. The number of hydrogen-bond acceptors (Lipinski definition) is 2. The summed E-state index contributed by atoms with van der Waals surface area (Å²) >= 11 is 9.90. The molecule has 0 aliphatic heterocycles. The van der Waals surface area contributed by atoms with Crippen molar-refractivity contribution >= 4 is 33.2 Å². The lowest BCUT2D eigenvalue weighted by molar-refractivity contribution is 0.652. The molecule has 0 spiro atoms. The Morgan fingerprint density at radius 1 is 1.19 bits per heavy atom. The van der Waals surface area contributed by atoms with E-state index in [2.05, 4.69) is 76.5 Å². The lowest BCUT2D eigenvalue weighted by atomic mass is 10.1. The summed E-state index contributed by atoms with van der Waals surface area (Å²) in [6.45, 7) is 2.95. The molecule has 112 valence electrons. The lowest BCUT2D eigenvalue weighted by Gasteiger charge is -2.22. The molecule has 0 aliphatic carbocycles. The zero-order valence-corrected chi connectivity index (χ0v) is 14.9. The Bertz CT molecular complexity index is 598. The molecule has 0 saturated carbocycles. The highest BCUT2D eigenvalue weighted by Gasteiger charge is 2.10. The van der Waals surface area contributed by atoms with Crippen LogP contribution in [0.25, 0.3) is 0 Å². The SMILES string of the molecule is CNC(C)c1ccc(N(C)Cc2ccc(Br)cc2)c(Cl)c1. The Morgan fingerprint density at radius 2 is 1.86 bits per heavy atom. The van der Waals surface area contributed by atoms with Gasteiger partial charge in [0.15, 0.2) is 0 Å². The van der Waals surface area contributed by atoms with Crippen LogP contribution in [0.1, 0.15) is 24.1 Å². The maximum absolute atomic E-state index is 6.44. The van der Waals surface area contributed by atoms with Crippen LogP contribution in [0.5, 0.6) is 0 Å². The molecule has 0 saturated heterocycles. The highest BCUT2D eigenvalue weighted by atomic mass is 79.9. The van der Waals surface area contributed by atoms with Gasteiger partial charge in [-0.3, -0.25) is 0 Å². The molecule has 0 bridgehead atoms. The molecule has 2 rings (SSSR count). The maximum Gasteiger partial charge on any atom is 0.0642 e. The monoisotopic (exact) mass is 366 g/mol. The molecule has 2 nitrogen and oxygen atoms in total. The average Bonchev–Trinajstić information content (AvgIpc) is 2.48. The first kappa shape index (κ1) is 16.3. The summed E-state index contributed by atoms with van der Waals surface area (Å²) in [6.07, 6.45) is 0. The first-order valence-electron chi connectivity index (χ1n) is 6.93. The van der Waals surface area contributed by atoms with Crippen molar-refractivity contribution < 1.29 is 0 Å². The van der Waals surface area contributed by atoms with Crippen LogP contribution < -0.4 is 10.2 Å². The minimum absolute atomic E-state index is 0.299. The van der Waals surface area contributed by atoms with Gasteiger partial charge in [0.25, 0.3) is 0 Å². The largest absolute Gasteiger partial charge is 0.369 e. The number of hydrogen-bond donors (Lipinski definition) is 1. The Morgan fingerprint density at radius 3 is 2.43 bits per heavy atom. The van der Waals surface area contributed by atoms with Crippen molar-refractivity contribution in [3.63, 3.8) is 0 Å². The third-order valence-electron chi connectivity index (χ3n) is 3.65. The summed E-state index contributed by atoms with van der Waals surface area (Å²) < 4.78 is 1.09. The molecular weight excluding hydrogens is 348 g/mol. The molecule has 0 radical (unpaired) electrons. The predicted molar refractivity (Wildman–Crippen MR) is 95.2 cm³/mol. The summed E-state index contributed by atoms with van der Waals surface area (Å²) in [5, 5.41) is 4.01. The molecule has 1 N–H and O–H groups in total. The molecule has 1 atom stereocenters. The standard InChI is InChI=1S/C17H20BrClN2/c1-12(20-2)14-6-9-17(16(19)10-14)21(3)11-13-4-7-15(18)8-5-13/h4-10,12,20H,11H2,1-3H3. The number of nitrogens with zero attached hydrogens (tertiary/aromatic N) is 1. The van der Waals surface area contributed by atoms with Crippen molar-refractivity contribution in [1.82, 2.24) is 5.32 Å². The van der Waals surface area contributed by atoms with Crippen molar-refractivity contribution in [2.24, 2.45) is 0 Å². The van der Waals surface area contributed by atoms with Crippen molar-refractivity contribution in [3.8, 4) is 0 Å². The van der Waals surface area contributed by atoms with Crippen LogP contribution in [-0.4, -0.2) is 14.1 Å². The van der Waals surface area contributed by atoms with E-state index in [9.17, 15) is 0 Å². The fourth-order valence-electron chi connectivity index (χ4n) is 2.22. The summed E-state index contributed by atoms with van der Waals surface area (Å²) in [4.78, 5) is 2.17. The van der Waals surface area contributed by atoms with E-state index >= 15 is 0 Å². The molecule has 0 aromatic heterocycles. The molecule has 0 heterocycles. The van der Waals surface area contributed by atoms with E-state index in [1.807, 2.05) is 13.1 Å². The van der Waals surface area contributed by atoms with Gasteiger partial charge in [0.1, 0.15) is 0 Å². The highest BCUT2D eigenvalue weighted by molar-refractivity contribution is 9.10. The van der Waals surface area contributed by atoms with Crippen LogP contribution in [0.15, 0.2) is 46.9 Å². The Hall–Kier alpha value is -1.03. The zero-order valence-electron chi connectivity index (χ0n) is 12.5. The van der Waals surface area contributed by atoms with Gasteiger partial charge in [0.2, 0.25) is 0 Å². The Labute approximate surface area is 140 Å². The van der Waals surface area contributed by atoms with E-state index in [0.29, 0.717) is 6.04 Å². The van der Waals surface area contributed by atoms with Crippen LogP contribution in [0.4, 0.5) is 5.69 Å². The van der Waals surface area contributed by atoms with Gasteiger partial charge in [-0.2, -0.15) is 0 Å². The van der Waals surface area contributed by atoms with Crippen LogP contribution in [0.3, 0.4) is 0 Å². The van der Waals surface area contributed by atoms with Gasteiger partial charge in [-0.15, -0.1) is 0 Å². The number of anilines is 1. The van der Waals surface area contributed by atoms with Gasteiger partial charge >= 0.3 is 0 Å². The van der Waals surface area contributed by atoms with Crippen molar-refractivity contribution in [2.45, 2.75) is 19.5 Å². The van der Waals surface area contributed by atoms with Crippen LogP contribution >= 0.6 is 27.5 Å². The van der Waals surface area contributed by atoms with E-state index in [1.165, 1.54) is 11.1 Å². The fourth-order valence-corrected chi connectivity index (χ4v) is 2.82. The zero-order chi connectivity index (χ0) is 15.4. The summed E-state index contributed by atoms with van der Waals surface area (Å²) in [7, 11) is 4.01. The summed E-state index contributed by atoms with van der Waals surface area (Å²) in [5.41, 5.74) is 3.50. The Kier molecular flexibility index (Phi) is 5.68. The fraction of sp³-hybridized carbons (Fsp3) is 0.294. The molecule has 4 heteroatoms. The van der Waals surface area contributed by atoms with Gasteiger partial charge in [-0.1, -0.05) is 45.7 Å². The average molecular weight is 368 g/mol. The molecule has 21 heavy (non-hydrogen) atoms. The second-order valence-corrected chi connectivity index (χ2v) is 6.53. The van der Waals surface area contributed by atoms with Gasteiger partial charge in [0, 0.05) is 24.1 Å². The number of benzene rings is 2. The van der Waals surface area contributed by atoms with Gasteiger partial charge < -0.3 is 10.2 Å². The van der Waals surface area contributed by atoms with Crippen LogP contribution in [0.2, 0.25) is 5.02 Å². The number of rotatable bonds is 5. The van der Waals surface area contributed by atoms with Crippen LogP contribution in [-0.2, 0) is 6.54 Å². The second kappa shape index (κ2) is 7.30. The number of halogens is 2. The van der Waals surface area contributed by atoms with E-state index < -0.39 is 0 Å². The van der Waals surface area contributed by atoms with Gasteiger partial charge in [0.05, 0.1) is 10.7 Å². The molecular formula is C17H20BrClN2. The maximum atomic E-state index is 6.44. The third-order valence-corrected chi connectivity index (χ3v) is 4.48. The second-order valence-electron chi connectivity index (χ2n) is 5.20. The third kappa shape index (κ3) is 4.22. The molecule has 2 aromatic rings. The minimum Gasteiger partial charge on any atom is -0.369 e. The topological polar surface area (TPSA) is 15.3 Å². The Balaban J connectivity index is 2.15. The minimum atomic E-state index is 0.299. The van der Waals surface area contributed by atoms with E-state index in [0.717, 1.165) is 21.7 Å². The smallest absolute Gasteiger partial charge is 0.0642 e. The first-order chi connectivity index (χ1) is 10.0. The van der Waals surface area contributed by atoms with Crippen LogP contribution in [0, 0.1) is 0 Å². The number of nitrogens with one attached hydrogen (secondary N) is 1. The molecule has 0 fully saturated rings. The normalized spacial score (nSPS) is 12.2. The summed E-state index contributed by atoms with van der Waals surface area (Å²) in [5.74, 6) is 0. The molecule has 0 amide bonds.